The Balaban J connectivity index is 1.80. The van der Waals surface area contributed by atoms with Gasteiger partial charge in [-0.25, -0.2) is 14.6 Å². The van der Waals surface area contributed by atoms with Crippen molar-refractivity contribution in [3.8, 4) is 0 Å². The molecule has 0 aliphatic heterocycles. The number of amides is 3. The van der Waals surface area contributed by atoms with E-state index in [4.69, 9.17) is 9.47 Å². The average Bonchev–Trinajstić information content (AvgIpc) is 2.89. The molecule has 3 amide bonds. The summed E-state index contributed by atoms with van der Waals surface area (Å²) in [4.78, 5) is 40.2. The van der Waals surface area contributed by atoms with E-state index in [1.54, 1.807) is 46.9 Å². The Labute approximate surface area is 174 Å². The number of anilines is 1. The molecule has 1 heterocycles. The molecule has 3 N–H and O–H groups in total. The number of ether oxygens (including phenoxy) is 2. The van der Waals surface area contributed by atoms with Gasteiger partial charge in [-0.1, -0.05) is 0 Å². The van der Waals surface area contributed by atoms with Crippen LogP contribution in [0.15, 0.2) is 5.38 Å². The van der Waals surface area contributed by atoms with Crippen molar-refractivity contribution in [2.24, 2.45) is 0 Å². The zero-order valence-corrected chi connectivity index (χ0v) is 18.8. The van der Waals surface area contributed by atoms with Gasteiger partial charge in [0.25, 0.3) is 5.91 Å². The minimum atomic E-state index is -0.623. The van der Waals surface area contributed by atoms with Crippen LogP contribution in [0.2, 0.25) is 0 Å². The number of aromatic nitrogens is 1. The summed E-state index contributed by atoms with van der Waals surface area (Å²) < 4.78 is 10.4. The Morgan fingerprint density at radius 2 is 1.62 bits per heavy atom. The average molecular weight is 427 g/mol. The lowest BCUT2D eigenvalue weighted by Crippen LogP contribution is -2.62. The molecule has 0 atom stereocenters. The molecule has 1 saturated carbocycles. The van der Waals surface area contributed by atoms with E-state index in [9.17, 15) is 14.4 Å². The number of rotatable bonds is 4. The smallest absolute Gasteiger partial charge is 0.413 e. The van der Waals surface area contributed by atoms with Crippen LogP contribution in [0, 0.1) is 0 Å². The highest BCUT2D eigenvalue weighted by molar-refractivity contribution is 7.14. The molecule has 1 aromatic heterocycles. The van der Waals surface area contributed by atoms with Crippen LogP contribution >= 0.6 is 11.3 Å². The van der Waals surface area contributed by atoms with Gasteiger partial charge >= 0.3 is 12.2 Å². The van der Waals surface area contributed by atoms with Gasteiger partial charge in [0.1, 0.15) is 16.9 Å². The quantitative estimate of drug-likeness (QED) is 0.676. The van der Waals surface area contributed by atoms with Crippen molar-refractivity contribution in [3.05, 3.63) is 11.1 Å². The lowest BCUT2D eigenvalue weighted by molar-refractivity contribution is 0.0364. The Bertz CT molecular complexity index is 772. The van der Waals surface area contributed by atoms with Crippen LogP contribution < -0.4 is 16.0 Å². The Morgan fingerprint density at radius 1 is 1.07 bits per heavy atom. The molecule has 162 valence electrons. The van der Waals surface area contributed by atoms with E-state index >= 15 is 0 Å². The van der Waals surface area contributed by atoms with Gasteiger partial charge in [-0.05, 0) is 61.3 Å². The Hall–Kier alpha value is -2.36. The minimum absolute atomic E-state index is 0.0774. The summed E-state index contributed by atoms with van der Waals surface area (Å²) in [6, 6.07) is -0.0774. The monoisotopic (exact) mass is 426 g/mol. The van der Waals surface area contributed by atoms with E-state index in [1.165, 1.54) is 0 Å². The maximum atomic E-state index is 12.4. The van der Waals surface area contributed by atoms with Gasteiger partial charge < -0.3 is 20.1 Å². The van der Waals surface area contributed by atoms with Crippen molar-refractivity contribution in [2.45, 2.75) is 84.1 Å². The Kier molecular flexibility index (Phi) is 6.46. The lowest BCUT2D eigenvalue weighted by atomic mass is 9.74. The fourth-order valence-corrected chi connectivity index (χ4v) is 3.54. The van der Waals surface area contributed by atoms with Crippen LogP contribution in [0.4, 0.5) is 14.7 Å². The molecule has 9 nitrogen and oxygen atoms in total. The first-order chi connectivity index (χ1) is 13.1. The van der Waals surface area contributed by atoms with E-state index in [0.717, 1.165) is 11.3 Å². The van der Waals surface area contributed by atoms with Gasteiger partial charge in [-0.15, -0.1) is 11.3 Å². The Morgan fingerprint density at radius 3 is 2.17 bits per heavy atom. The van der Waals surface area contributed by atoms with E-state index < -0.39 is 28.9 Å². The molecule has 1 aliphatic rings. The summed E-state index contributed by atoms with van der Waals surface area (Å²) in [7, 11) is 0. The van der Waals surface area contributed by atoms with E-state index in [0.29, 0.717) is 12.8 Å². The van der Waals surface area contributed by atoms with Gasteiger partial charge in [0.05, 0.1) is 0 Å². The van der Waals surface area contributed by atoms with Gasteiger partial charge in [0.15, 0.2) is 5.13 Å². The molecule has 10 heteroatoms. The van der Waals surface area contributed by atoms with Gasteiger partial charge in [0, 0.05) is 17.0 Å². The molecule has 1 aliphatic carbocycles. The summed E-state index contributed by atoms with van der Waals surface area (Å²) in [6.07, 6.45) is 0.0833. The molecule has 0 spiro atoms. The van der Waals surface area contributed by atoms with Crippen LogP contribution in [0.25, 0.3) is 0 Å². The number of nitrogens with zero attached hydrogens (tertiary/aromatic N) is 1. The topological polar surface area (TPSA) is 119 Å². The molecular weight excluding hydrogens is 396 g/mol. The fourth-order valence-electron chi connectivity index (χ4n) is 2.87. The highest BCUT2D eigenvalue weighted by Crippen LogP contribution is 2.32. The largest absolute Gasteiger partial charge is 0.444 e. The molecule has 29 heavy (non-hydrogen) atoms. The minimum Gasteiger partial charge on any atom is -0.444 e. The number of nitrogens with one attached hydrogen (secondary N) is 3. The van der Waals surface area contributed by atoms with Crippen molar-refractivity contribution in [2.75, 3.05) is 5.32 Å². The number of alkyl carbamates (subject to hydrolysis) is 1. The third-order valence-electron chi connectivity index (χ3n) is 3.88. The SMILES string of the molecule is CC1(NC(=O)OC(C)(C)C)CC(NC(=O)c2csc(NC(=O)OC(C)(C)C)n2)C1. The summed E-state index contributed by atoms with van der Waals surface area (Å²) >= 11 is 1.14. The van der Waals surface area contributed by atoms with Gasteiger partial charge in [-0.2, -0.15) is 0 Å². The standard InChI is InChI=1S/C19H30N4O5S/c1-17(2,3)27-15(25)22-14-21-12(10-29-14)13(24)20-11-8-19(7,9-11)23-16(26)28-18(4,5)6/h10-11H,8-9H2,1-7H3,(H,20,24)(H,23,26)(H,21,22,25). The van der Waals surface area contributed by atoms with E-state index in [2.05, 4.69) is 20.9 Å². The van der Waals surface area contributed by atoms with Gasteiger partial charge in [-0.3, -0.25) is 10.1 Å². The van der Waals surface area contributed by atoms with Crippen molar-refractivity contribution < 1.29 is 23.9 Å². The first-order valence-electron chi connectivity index (χ1n) is 9.42. The third-order valence-corrected chi connectivity index (χ3v) is 4.63. The molecule has 1 aromatic rings. The highest BCUT2D eigenvalue weighted by atomic mass is 32.1. The van der Waals surface area contributed by atoms with E-state index in [1.807, 2.05) is 6.92 Å². The molecule has 0 saturated heterocycles. The zero-order valence-electron chi connectivity index (χ0n) is 18.0. The van der Waals surface area contributed by atoms with Crippen molar-refractivity contribution in [1.82, 2.24) is 15.6 Å². The molecular formula is C19H30N4O5S. The number of carbonyl (C=O) groups is 3. The highest BCUT2D eigenvalue weighted by Gasteiger charge is 2.43. The van der Waals surface area contributed by atoms with Crippen molar-refractivity contribution in [3.63, 3.8) is 0 Å². The molecule has 1 fully saturated rings. The maximum absolute atomic E-state index is 12.4. The van der Waals surface area contributed by atoms with E-state index in [-0.39, 0.29) is 22.8 Å². The first kappa shape index (κ1) is 22.9. The lowest BCUT2D eigenvalue weighted by Gasteiger charge is -2.45. The third kappa shape index (κ3) is 7.52. The van der Waals surface area contributed by atoms with Crippen molar-refractivity contribution in [1.29, 1.82) is 0 Å². The fraction of sp³-hybridized carbons (Fsp3) is 0.684. The number of hydrogen-bond acceptors (Lipinski definition) is 7. The maximum Gasteiger partial charge on any atom is 0.413 e. The normalized spacial score (nSPS) is 21.6. The predicted molar refractivity (Wildman–Crippen MR) is 110 cm³/mol. The summed E-state index contributed by atoms with van der Waals surface area (Å²) in [5.74, 6) is -0.331. The second-order valence-electron chi connectivity index (χ2n) is 9.43. The number of carbonyl (C=O) groups excluding carboxylic acids is 3. The molecule has 0 aromatic carbocycles. The second kappa shape index (κ2) is 8.17. The first-order valence-corrected chi connectivity index (χ1v) is 10.3. The summed E-state index contributed by atoms with van der Waals surface area (Å²) in [5, 5.41) is 10.1. The number of hydrogen-bond donors (Lipinski definition) is 3. The zero-order chi connectivity index (χ0) is 22.0. The van der Waals surface area contributed by atoms with Crippen LogP contribution in [0.1, 0.15) is 71.8 Å². The molecule has 0 bridgehead atoms. The molecule has 0 radical (unpaired) electrons. The van der Waals surface area contributed by atoms with Crippen LogP contribution in [0.3, 0.4) is 0 Å². The molecule has 0 unspecified atom stereocenters. The second-order valence-corrected chi connectivity index (χ2v) is 10.3. The summed E-state index contributed by atoms with van der Waals surface area (Å²) in [5.41, 5.74) is -1.39. The van der Waals surface area contributed by atoms with Gasteiger partial charge in [0.2, 0.25) is 0 Å². The number of thiazole rings is 1. The van der Waals surface area contributed by atoms with Crippen LogP contribution in [-0.4, -0.2) is 45.9 Å². The summed E-state index contributed by atoms with van der Waals surface area (Å²) in [6.45, 7) is 12.6. The van der Waals surface area contributed by atoms with Crippen LogP contribution in [0.5, 0.6) is 0 Å². The predicted octanol–water partition coefficient (Wildman–Crippen LogP) is 3.67. The van der Waals surface area contributed by atoms with Crippen LogP contribution in [-0.2, 0) is 9.47 Å². The van der Waals surface area contributed by atoms with Crippen molar-refractivity contribution >= 4 is 34.6 Å². The molecule has 2 rings (SSSR count).